The van der Waals surface area contributed by atoms with Gasteiger partial charge in [-0.2, -0.15) is 4.90 Å². The maximum atomic E-state index is 13.1. The number of imide groups is 3. The lowest BCUT2D eigenvalue weighted by atomic mass is 9.69. The number of fused-ring (bicyclic) bond motifs is 3. The lowest BCUT2D eigenvalue weighted by molar-refractivity contribution is -0.137. The molecule has 0 unspecified atom stereocenters. The van der Waals surface area contributed by atoms with Crippen molar-refractivity contribution in [1.29, 1.82) is 0 Å². The molecule has 3 amide bonds. The first-order valence-electron chi connectivity index (χ1n) is 12.5. The van der Waals surface area contributed by atoms with Crippen molar-refractivity contribution in [2.45, 2.75) is 65.9 Å². The highest BCUT2D eigenvalue weighted by atomic mass is 16.5. The fourth-order valence-corrected chi connectivity index (χ4v) is 6.06. The topological polar surface area (TPSA) is 93.1 Å². The van der Waals surface area contributed by atoms with Crippen LogP contribution in [0.4, 0.5) is 4.79 Å². The van der Waals surface area contributed by atoms with Gasteiger partial charge in [-0.05, 0) is 80.3 Å². The maximum Gasteiger partial charge on any atom is 0.423 e. The molecule has 2 fully saturated rings. The fraction of sp³-hybridized carbons (Fsp3) is 0.536. The molecule has 7 heteroatoms. The van der Waals surface area contributed by atoms with Gasteiger partial charge in [0, 0.05) is 5.92 Å². The molecular formula is C28H35NO6. The second kappa shape index (κ2) is 9.97. The Hall–Kier alpha value is -2.93. The Labute approximate surface area is 206 Å². The molecule has 2 saturated heterocycles. The Kier molecular flexibility index (Phi) is 7.17. The maximum absolute atomic E-state index is 13.1. The van der Waals surface area contributed by atoms with Gasteiger partial charge in [-0.15, -0.1) is 0 Å². The van der Waals surface area contributed by atoms with Crippen molar-refractivity contribution in [3.05, 3.63) is 45.5 Å². The molecule has 7 nitrogen and oxygen atoms in total. The second-order valence-electron chi connectivity index (χ2n) is 9.86. The predicted octanol–water partition coefficient (Wildman–Crippen LogP) is 5.08. The third-order valence-electron chi connectivity index (χ3n) is 7.86. The van der Waals surface area contributed by atoms with Crippen LogP contribution in [0.2, 0.25) is 0 Å². The molecule has 1 N–H and O–H groups in total. The summed E-state index contributed by atoms with van der Waals surface area (Å²) in [7, 11) is 1.18. The number of methoxy groups -OCH3 is 1. The summed E-state index contributed by atoms with van der Waals surface area (Å²) in [5, 5.41) is 10.1. The summed E-state index contributed by atoms with van der Waals surface area (Å²) >= 11 is 0. The van der Waals surface area contributed by atoms with Crippen LogP contribution in [0.1, 0.15) is 62.6 Å². The highest BCUT2D eigenvalue weighted by molar-refractivity contribution is 6.16. The van der Waals surface area contributed by atoms with Crippen molar-refractivity contribution in [3.63, 3.8) is 0 Å². The number of benzene rings is 1. The molecule has 2 heterocycles. The van der Waals surface area contributed by atoms with E-state index in [4.69, 9.17) is 9.47 Å². The van der Waals surface area contributed by atoms with Crippen molar-refractivity contribution in [2.75, 3.05) is 13.7 Å². The molecule has 0 saturated carbocycles. The van der Waals surface area contributed by atoms with Crippen molar-refractivity contribution >= 4 is 24.0 Å². The van der Waals surface area contributed by atoms with Gasteiger partial charge in [-0.3, -0.25) is 9.59 Å². The first-order chi connectivity index (χ1) is 16.7. The van der Waals surface area contributed by atoms with Crippen LogP contribution in [0.3, 0.4) is 0 Å². The van der Waals surface area contributed by atoms with E-state index in [1.54, 1.807) is 0 Å². The van der Waals surface area contributed by atoms with Crippen LogP contribution < -0.4 is 0 Å². The number of aromatic hydroxyl groups is 1. The van der Waals surface area contributed by atoms with Gasteiger partial charge in [-0.1, -0.05) is 31.1 Å². The van der Waals surface area contributed by atoms with Crippen LogP contribution in [0.25, 0.3) is 6.08 Å². The fourth-order valence-electron chi connectivity index (χ4n) is 6.06. The number of aryl methyl sites for hydroxylation is 2. The number of phenolic OH excluding ortho intramolecular Hbond substituents is 1. The lowest BCUT2D eigenvalue weighted by Gasteiger charge is -2.31. The minimum atomic E-state index is -0.901. The average Bonchev–Trinajstić information content (AvgIpc) is 3.37. The molecule has 2 aliphatic heterocycles. The molecule has 0 spiro atoms. The second-order valence-corrected chi connectivity index (χ2v) is 9.86. The number of phenols is 1. The number of nitrogens with zero attached hydrogens (tertiary/aromatic N) is 1. The highest BCUT2D eigenvalue weighted by Gasteiger charge is 2.58. The van der Waals surface area contributed by atoms with Crippen LogP contribution in [0.15, 0.2) is 28.9 Å². The van der Waals surface area contributed by atoms with Gasteiger partial charge in [0.15, 0.2) is 0 Å². The summed E-state index contributed by atoms with van der Waals surface area (Å²) < 4.78 is 10.9. The van der Waals surface area contributed by atoms with Gasteiger partial charge < -0.3 is 14.6 Å². The monoisotopic (exact) mass is 481 g/mol. The first-order valence-corrected chi connectivity index (χ1v) is 12.5. The zero-order valence-corrected chi connectivity index (χ0v) is 21.2. The number of carbonyl (C=O) groups is 3. The Morgan fingerprint density at radius 3 is 2.46 bits per heavy atom. The van der Waals surface area contributed by atoms with E-state index in [2.05, 4.69) is 19.9 Å². The average molecular weight is 482 g/mol. The molecule has 35 heavy (non-hydrogen) atoms. The third kappa shape index (κ3) is 4.42. The molecule has 4 rings (SSSR count). The third-order valence-corrected chi connectivity index (χ3v) is 7.86. The van der Waals surface area contributed by atoms with Crippen molar-refractivity contribution in [3.8, 4) is 5.75 Å². The summed E-state index contributed by atoms with van der Waals surface area (Å²) in [4.78, 5) is 38.8. The van der Waals surface area contributed by atoms with Crippen LogP contribution in [-0.2, 0) is 19.1 Å². The molecule has 1 aromatic carbocycles. The number of carbonyl (C=O) groups excluding carboxylic acids is 3. The molecule has 188 valence electrons. The van der Waals surface area contributed by atoms with Crippen molar-refractivity contribution in [2.24, 2.45) is 17.8 Å². The number of hydrogen-bond donors (Lipinski definition) is 1. The van der Waals surface area contributed by atoms with Gasteiger partial charge in [0.2, 0.25) is 11.8 Å². The summed E-state index contributed by atoms with van der Waals surface area (Å²) in [5.74, 6) is -1.81. The molecule has 0 radical (unpaired) electrons. The quantitative estimate of drug-likeness (QED) is 0.450. The number of hydrogen-bond acceptors (Lipinski definition) is 6. The Bertz CT molecular complexity index is 1090. The van der Waals surface area contributed by atoms with Gasteiger partial charge in [-0.25, -0.2) is 4.79 Å². The van der Waals surface area contributed by atoms with E-state index >= 15 is 0 Å². The predicted molar refractivity (Wildman–Crippen MR) is 131 cm³/mol. The summed E-state index contributed by atoms with van der Waals surface area (Å²) in [6.07, 6.45) is 5.02. The molecule has 1 aromatic rings. The number of allylic oxidation sites excluding steroid dienone is 2. The zero-order chi connectivity index (χ0) is 25.4. The molecule has 0 bridgehead atoms. The lowest BCUT2D eigenvalue weighted by Crippen LogP contribution is -2.38. The summed E-state index contributed by atoms with van der Waals surface area (Å²) in [5.41, 5.74) is 6.43. The van der Waals surface area contributed by atoms with Crippen LogP contribution in [0.5, 0.6) is 5.75 Å². The zero-order valence-electron chi connectivity index (χ0n) is 21.2. The largest absolute Gasteiger partial charge is 0.507 e. The smallest absolute Gasteiger partial charge is 0.423 e. The molecule has 4 atom stereocenters. The van der Waals surface area contributed by atoms with Crippen molar-refractivity contribution < 1.29 is 29.0 Å². The number of ether oxygens (including phenoxy) is 2. The Balaban J connectivity index is 1.54. The van der Waals surface area contributed by atoms with E-state index in [0.717, 1.165) is 47.9 Å². The minimum Gasteiger partial charge on any atom is -0.507 e. The van der Waals surface area contributed by atoms with E-state index in [1.807, 2.05) is 26.0 Å². The van der Waals surface area contributed by atoms with E-state index in [-0.39, 0.29) is 12.0 Å². The van der Waals surface area contributed by atoms with E-state index < -0.39 is 29.7 Å². The van der Waals surface area contributed by atoms with Gasteiger partial charge in [0.05, 0.1) is 31.7 Å². The van der Waals surface area contributed by atoms with Gasteiger partial charge in [0.25, 0.3) is 0 Å². The molecule has 3 aliphatic rings. The van der Waals surface area contributed by atoms with Crippen LogP contribution in [0, 0.1) is 31.6 Å². The van der Waals surface area contributed by atoms with E-state index in [0.29, 0.717) is 23.7 Å². The number of likely N-dealkylation sites (tertiary alicyclic amines) is 1. The number of rotatable bonds is 6. The summed E-state index contributed by atoms with van der Waals surface area (Å²) in [6.45, 7) is 8.41. The van der Waals surface area contributed by atoms with E-state index in [9.17, 15) is 19.5 Å². The SMILES string of the molecule is CCC1=C2[C@@H](CC/C(=C/c3cc(C)c(O)c(C)c3)CC)OC[C@@H]2[C@@H]2C(=O)N(C(=O)OC)C(=O)[C@@H]2C1. The van der Waals surface area contributed by atoms with Crippen LogP contribution >= 0.6 is 0 Å². The molecule has 0 aromatic heterocycles. The normalized spacial score (nSPS) is 26.3. The first kappa shape index (κ1) is 25.2. The minimum absolute atomic E-state index is 0.0933. The van der Waals surface area contributed by atoms with Gasteiger partial charge in [0.1, 0.15) is 5.75 Å². The summed E-state index contributed by atoms with van der Waals surface area (Å²) in [6, 6.07) is 3.99. The van der Waals surface area contributed by atoms with Crippen LogP contribution in [-0.4, -0.2) is 47.7 Å². The number of amides is 3. The standard InChI is InChI=1S/C28H35NO6/c1-6-17(12-18-10-15(3)25(30)16(4)11-18)8-9-22-23-19(7-2)13-20-24(21(23)14-35-22)27(32)29(26(20)31)28(33)34-5/h10-12,20-22,24,30H,6-9,13-14H2,1-5H3/b17-12+/t20-,21+,22-,24-/m1/s1. The van der Waals surface area contributed by atoms with Crippen molar-refractivity contribution in [1.82, 2.24) is 4.90 Å². The van der Waals surface area contributed by atoms with Gasteiger partial charge >= 0.3 is 6.09 Å². The Morgan fingerprint density at radius 2 is 1.86 bits per heavy atom. The van der Waals surface area contributed by atoms with E-state index in [1.165, 1.54) is 18.3 Å². The molecule has 1 aliphatic carbocycles. The highest BCUT2D eigenvalue weighted by Crippen LogP contribution is 2.50. The molecular weight excluding hydrogens is 446 g/mol. The Morgan fingerprint density at radius 1 is 1.17 bits per heavy atom.